The van der Waals surface area contributed by atoms with Crippen molar-refractivity contribution in [3.8, 4) is 5.75 Å². The van der Waals surface area contributed by atoms with Crippen LogP contribution in [0.4, 0.5) is 5.69 Å². The molecule has 4 fully saturated rings. The molecule has 0 amide bonds. The number of aromatic hydroxyl groups is 1. The van der Waals surface area contributed by atoms with E-state index in [0.717, 1.165) is 43.6 Å². The van der Waals surface area contributed by atoms with Crippen molar-refractivity contribution in [2.24, 2.45) is 11.3 Å². The Bertz CT molecular complexity index is 1150. The number of aliphatic carboxylic acids is 2. The first-order valence-corrected chi connectivity index (χ1v) is 11.9. The zero-order valence-electron chi connectivity index (χ0n) is 20.6. The second-order valence-electron chi connectivity index (χ2n) is 9.74. The van der Waals surface area contributed by atoms with Crippen LogP contribution in [0.25, 0.3) is 0 Å². The summed E-state index contributed by atoms with van der Waals surface area (Å²) in [6, 6.07) is 5.47. The van der Waals surface area contributed by atoms with Crippen molar-refractivity contribution in [1.29, 1.82) is 0 Å². The van der Waals surface area contributed by atoms with Gasteiger partial charge < -0.3 is 30.1 Å². The fraction of sp³-hybridized carbons (Fsp3) is 0.500. The number of methoxy groups -OCH3 is 1. The lowest BCUT2D eigenvalue weighted by molar-refractivity contribution is -0.175. The fourth-order valence-electron chi connectivity index (χ4n) is 7.70. The van der Waals surface area contributed by atoms with Crippen molar-refractivity contribution >= 4 is 23.6 Å². The molecule has 194 valence electrons. The Balaban J connectivity index is 0.000000331. The third-order valence-electron chi connectivity index (χ3n) is 8.82. The van der Waals surface area contributed by atoms with Gasteiger partial charge in [-0.25, -0.2) is 9.59 Å². The number of benzene rings is 1. The number of aliphatic hydroxyl groups is 1. The van der Waals surface area contributed by atoms with Gasteiger partial charge in [-0.3, -0.25) is 9.69 Å². The monoisotopic (exact) mass is 500 g/mol. The number of likely N-dealkylation sites (N-methyl/N-ethyl adjacent to an activating group) is 1. The van der Waals surface area contributed by atoms with Crippen molar-refractivity contribution in [1.82, 2.24) is 4.90 Å². The molecule has 4 bridgehead atoms. The third kappa shape index (κ3) is 3.07. The Morgan fingerprint density at radius 1 is 1.17 bits per heavy atom. The topological polar surface area (TPSA) is 148 Å². The van der Waals surface area contributed by atoms with E-state index >= 15 is 0 Å². The van der Waals surface area contributed by atoms with Crippen molar-refractivity contribution in [2.75, 3.05) is 38.8 Å². The molecule has 1 spiro atoms. The van der Waals surface area contributed by atoms with Crippen LogP contribution in [0.5, 0.6) is 5.75 Å². The second-order valence-corrected chi connectivity index (χ2v) is 9.74. The third-order valence-corrected chi connectivity index (χ3v) is 8.82. The van der Waals surface area contributed by atoms with Gasteiger partial charge in [0.25, 0.3) is 0 Å². The zero-order valence-corrected chi connectivity index (χ0v) is 20.6. The highest BCUT2D eigenvalue weighted by Gasteiger charge is 2.81. The minimum Gasteiger partial charge on any atom is -0.508 e. The summed E-state index contributed by atoms with van der Waals surface area (Å²) < 4.78 is 5.39. The van der Waals surface area contributed by atoms with Crippen LogP contribution in [-0.4, -0.2) is 82.8 Å². The molecule has 10 heteroatoms. The Morgan fingerprint density at radius 2 is 1.83 bits per heavy atom. The van der Waals surface area contributed by atoms with Gasteiger partial charge in [0.1, 0.15) is 16.8 Å². The number of rotatable bonds is 4. The van der Waals surface area contributed by atoms with Crippen LogP contribution < -0.4 is 4.90 Å². The number of ether oxygens (including phenoxy) is 1. The molecule has 36 heavy (non-hydrogen) atoms. The highest BCUT2D eigenvalue weighted by molar-refractivity contribution is 5.89. The molecule has 1 aromatic rings. The van der Waals surface area contributed by atoms with E-state index in [-0.39, 0.29) is 24.2 Å². The number of esters is 1. The predicted molar refractivity (Wildman–Crippen MR) is 130 cm³/mol. The normalized spacial score (nSPS) is 34.6. The van der Waals surface area contributed by atoms with E-state index in [2.05, 4.69) is 22.9 Å². The molecular formula is C26H32N2O8. The van der Waals surface area contributed by atoms with E-state index in [9.17, 15) is 24.6 Å². The SMILES string of the molecule is C/C=C1\CN2CCC34c5cc(O)ccc5N(C)C23CCC1C4(CO)C(=O)OC.O=C(O)/C=C/C(=O)O. The Kier molecular flexibility index (Phi) is 6.38. The number of fused-ring (bicyclic) bond motifs is 3. The fourth-order valence-corrected chi connectivity index (χ4v) is 7.70. The van der Waals surface area contributed by atoms with Gasteiger partial charge in [0.15, 0.2) is 0 Å². The molecule has 5 aliphatic rings. The number of aliphatic hydroxyl groups excluding tert-OH is 1. The first-order valence-electron chi connectivity index (χ1n) is 11.9. The lowest BCUT2D eigenvalue weighted by Gasteiger charge is -2.59. The standard InChI is InChI=1S/C22H28N2O4.C4H4O4/c1-4-14-12-24-10-9-21-17-11-15(26)5-6-18(17)23(2)22(21,24)8-7-16(14)20(21,13-25)19(27)28-3;5-3(6)1-2-4(7)8/h4-6,11,16,25-26H,7-10,12-13H2,1-3H3;1-2H,(H,5,6)(H,7,8)/b14-4+;2-1+. The van der Waals surface area contributed by atoms with E-state index in [4.69, 9.17) is 14.9 Å². The summed E-state index contributed by atoms with van der Waals surface area (Å²) >= 11 is 0. The van der Waals surface area contributed by atoms with Gasteiger partial charge in [0, 0.05) is 43.9 Å². The molecule has 5 unspecified atom stereocenters. The van der Waals surface area contributed by atoms with Crippen LogP contribution >= 0.6 is 0 Å². The molecular weight excluding hydrogens is 468 g/mol. The molecule has 4 heterocycles. The number of anilines is 1. The lowest BCUT2D eigenvalue weighted by Crippen LogP contribution is -2.72. The van der Waals surface area contributed by atoms with Crippen LogP contribution in [0.2, 0.25) is 0 Å². The van der Waals surface area contributed by atoms with Crippen LogP contribution in [0, 0.1) is 11.3 Å². The molecule has 0 radical (unpaired) electrons. The van der Waals surface area contributed by atoms with E-state index < -0.39 is 28.4 Å². The second kappa shape index (κ2) is 8.94. The molecule has 5 atom stereocenters. The maximum atomic E-state index is 13.5. The maximum absolute atomic E-state index is 13.5. The average Bonchev–Trinajstić information content (AvgIpc) is 3.19. The highest BCUT2D eigenvalue weighted by atomic mass is 16.5. The molecule has 1 aliphatic carbocycles. The lowest BCUT2D eigenvalue weighted by atomic mass is 9.46. The predicted octanol–water partition coefficient (Wildman–Crippen LogP) is 1.72. The number of carbonyl (C=O) groups excluding carboxylic acids is 1. The summed E-state index contributed by atoms with van der Waals surface area (Å²) in [5.74, 6) is -2.73. The summed E-state index contributed by atoms with van der Waals surface area (Å²) in [7, 11) is 3.52. The van der Waals surface area contributed by atoms with E-state index in [1.165, 1.54) is 12.7 Å². The van der Waals surface area contributed by atoms with Gasteiger partial charge in [-0.1, -0.05) is 11.6 Å². The number of hydrogen-bond donors (Lipinski definition) is 4. The highest BCUT2D eigenvalue weighted by Crippen LogP contribution is 2.74. The summed E-state index contributed by atoms with van der Waals surface area (Å²) in [5, 5.41) is 36.9. The first kappa shape index (κ1) is 25.7. The van der Waals surface area contributed by atoms with E-state index in [1.54, 1.807) is 6.07 Å². The summed E-state index contributed by atoms with van der Waals surface area (Å²) in [5.41, 5.74) is 1.12. The van der Waals surface area contributed by atoms with Crippen LogP contribution in [0.1, 0.15) is 31.7 Å². The number of phenols is 1. The Hall–Kier alpha value is -3.37. The molecule has 4 aliphatic heterocycles. The van der Waals surface area contributed by atoms with Gasteiger partial charge in [-0.15, -0.1) is 0 Å². The minimum atomic E-state index is -1.26. The number of phenolic OH excluding ortho intramolecular Hbond substituents is 1. The first-order chi connectivity index (χ1) is 17.1. The minimum absolute atomic E-state index is 0.0740. The van der Waals surface area contributed by atoms with Crippen LogP contribution in [-0.2, 0) is 24.5 Å². The van der Waals surface area contributed by atoms with Gasteiger partial charge in [-0.2, -0.15) is 0 Å². The molecule has 3 saturated heterocycles. The van der Waals surface area contributed by atoms with Gasteiger partial charge in [0.2, 0.25) is 0 Å². The average molecular weight is 501 g/mol. The number of hydrogen-bond acceptors (Lipinski definition) is 8. The van der Waals surface area contributed by atoms with Crippen molar-refractivity contribution in [2.45, 2.75) is 37.3 Å². The van der Waals surface area contributed by atoms with Crippen molar-refractivity contribution in [3.05, 3.63) is 47.6 Å². The Morgan fingerprint density at radius 3 is 2.39 bits per heavy atom. The summed E-state index contributed by atoms with van der Waals surface area (Å²) in [6.45, 7) is 3.41. The van der Waals surface area contributed by atoms with Gasteiger partial charge in [0.05, 0.1) is 19.1 Å². The van der Waals surface area contributed by atoms with Crippen molar-refractivity contribution < 1.29 is 39.5 Å². The molecule has 10 nitrogen and oxygen atoms in total. The van der Waals surface area contributed by atoms with Crippen LogP contribution in [0.3, 0.4) is 0 Å². The smallest absolute Gasteiger partial charge is 0.328 e. The molecule has 0 aromatic heterocycles. The molecule has 1 aromatic carbocycles. The largest absolute Gasteiger partial charge is 0.508 e. The van der Waals surface area contributed by atoms with Crippen molar-refractivity contribution in [3.63, 3.8) is 0 Å². The number of nitrogens with zero attached hydrogens (tertiary/aromatic N) is 2. The molecule has 1 saturated carbocycles. The van der Waals surface area contributed by atoms with Gasteiger partial charge >= 0.3 is 17.9 Å². The summed E-state index contributed by atoms with van der Waals surface area (Å²) in [6.07, 6.45) is 5.74. The van der Waals surface area contributed by atoms with E-state index in [1.807, 2.05) is 19.1 Å². The quantitative estimate of drug-likeness (QED) is 0.274. The number of carboxylic acids is 2. The van der Waals surface area contributed by atoms with Crippen LogP contribution in [0.15, 0.2) is 42.0 Å². The van der Waals surface area contributed by atoms with E-state index in [0.29, 0.717) is 12.2 Å². The maximum Gasteiger partial charge on any atom is 0.328 e. The number of carboxylic acid groups (broad SMARTS) is 2. The zero-order chi connectivity index (χ0) is 26.5. The molecule has 6 rings (SSSR count). The number of allylic oxidation sites excluding steroid dienone is 1. The summed E-state index contributed by atoms with van der Waals surface area (Å²) in [4.78, 5) is 37.4. The molecule has 4 N–H and O–H groups in total. The van der Waals surface area contributed by atoms with Gasteiger partial charge in [-0.05, 0) is 49.9 Å². The Labute approximate surface area is 209 Å². The number of carbonyl (C=O) groups is 3.